The highest BCUT2D eigenvalue weighted by atomic mass is 16.6. The van der Waals surface area contributed by atoms with E-state index in [0.717, 1.165) is 5.56 Å². The fraction of sp³-hybridized carbons (Fsp3) is 0.348. The predicted octanol–water partition coefficient (Wildman–Crippen LogP) is 3.50. The SMILES string of the molecule is CC(C)(C)c1ccc(-c2nc(CNC(=O)COc3ccc4c(c3)OCCO4)no2)cc1. The van der Waals surface area contributed by atoms with Gasteiger partial charge >= 0.3 is 0 Å². The van der Waals surface area contributed by atoms with Gasteiger partial charge in [-0.3, -0.25) is 4.79 Å². The fourth-order valence-electron chi connectivity index (χ4n) is 3.05. The number of ether oxygens (including phenoxy) is 3. The normalized spacial score (nSPS) is 13.0. The molecular formula is C23H25N3O5. The third-order valence-electron chi connectivity index (χ3n) is 4.79. The Morgan fingerprint density at radius 3 is 2.55 bits per heavy atom. The van der Waals surface area contributed by atoms with Crippen molar-refractivity contribution in [2.45, 2.75) is 32.7 Å². The first-order chi connectivity index (χ1) is 14.9. The van der Waals surface area contributed by atoms with Crippen LogP contribution < -0.4 is 19.5 Å². The molecule has 0 saturated heterocycles. The van der Waals surface area contributed by atoms with Gasteiger partial charge in [-0.1, -0.05) is 38.1 Å². The number of carbonyl (C=O) groups excluding carboxylic acids is 1. The molecule has 3 aromatic rings. The van der Waals surface area contributed by atoms with E-state index in [9.17, 15) is 4.79 Å². The second kappa shape index (κ2) is 8.67. The third-order valence-corrected chi connectivity index (χ3v) is 4.79. The van der Waals surface area contributed by atoms with Gasteiger partial charge in [-0.2, -0.15) is 4.98 Å². The van der Waals surface area contributed by atoms with Crippen molar-refractivity contribution in [3.8, 4) is 28.7 Å². The van der Waals surface area contributed by atoms with Crippen LogP contribution in [0.4, 0.5) is 0 Å². The van der Waals surface area contributed by atoms with E-state index in [-0.39, 0.29) is 24.5 Å². The minimum atomic E-state index is -0.296. The first kappa shape index (κ1) is 20.7. The zero-order chi connectivity index (χ0) is 21.8. The molecule has 0 bridgehead atoms. The summed E-state index contributed by atoms with van der Waals surface area (Å²) in [6.07, 6.45) is 0. The topological polar surface area (TPSA) is 95.7 Å². The maximum absolute atomic E-state index is 12.1. The molecule has 1 amide bonds. The quantitative estimate of drug-likeness (QED) is 0.648. The molecular weight excluding hydrogens is 398 g/mol. The highest BCUT2D eigenvalue weighted by molar-refractivity contribution is 5.77. The summed E-state index contributed by atoms with van der Waals surface area (Å²) in [6.45, 7) is 7.50. The van der Waals surface area contributed by atoms with Crippen LogP contribution in [0.15, 0.2) is 47.0 Å². The molecule has 2 aromatic carbocycles. The van der Waals surface area contributed by atoms with Crippen LogP contribution in [0, 0.1) is 0 Å². The summed E-state index contributed by atoms with van der Waals surface area (Å²) in [7, 11) is 0. The first-order valence-corrected chi connectivity index (χ1v) is 10.1. The standard InChI is InChI=1S/C23H25N3O5/c1-23(2,3)16-6-4-15(5-7-16)22-25-20(26-31-22)13-24-21(27)14-30-17-8-9-18-19(12-17)29-11-10-28-18/h4-9,12H,10-11,13-14H2,1-3H3,(H,24,27). The van der Waals surface area contributed by atoms with E-state index in [1.165, 1.54) is 5.56 Å². The average Bonchev–Trinajstić information content (AvgIpc) is 3.25. The molecule has 1 N–H and O–H groups in total. The monoisotopic (exact) mass is 423 g/mol. The van der Waals surface area contributed by atoms with Crippen molar-refractivity contribution in [3.63, 3.8) is 0 Å². The maximum atomic E-state index is 12.1. The Morgan fingerprint density at radius 1 is 1.06 bits per heavy atom. The second-order valence-corrected chi connectivity index (χ2v) is 8.21. The molecule has 0 spiro atoms. The minimum absolute atomic E-state index is 0.0742. The van der Waals surface area contributed by atoms with Crippen molar-refractivity contribution in [2.24, 2.45) is 0 Å². The van der Waals surface area contributed by atoms with E-state index in [1.807, 2.05) is 12.1 Å². The Balaban J connectivity index is 1.28. The first-order valence-electron chi connectivity index (χ1n) is 10.1. The zero-order valence-electron chi connectivity index (χ0n) is 17.8. The summed E-state index contributed by atoms with van der Waals surface area (Å²) in [6, 6.07) is 13.2. The van der Waals surface area contributed by atoms with E-state index >= 15 is 0 Å². The lowest BCUT2D eigenvalue weighted by molar-refractivity contribution is -0.123. The summed E-state index contributed by atoms with van der Waals surface area (Å²) >= 11 is 0. The predicted molar refractivity (Wildman–Crippen MR) is 113 cm³/mol. The molecule has 8 nitrogen and oxygen atoms in total. The van der Waals surface area contributed by atoms with Gasteiger partial charge in [-0.25, -0.2) is 0 Å². The largest absolute Gasteiger partial charge is 0.486 e. The summed E-state index contributed by atoms with van der Waals surface area (Å²) < 4.78 is 21.8. The second-order valence-electron chi connectivity index (χ2n) is 8.21. The van der Waals surface area contributed by atoms with Crippen molar-refractivity contribution < 1.29 is 23.5 Å². The molecule has 0 aliphatic carbocycles. The number of hydrogen-bond acceptors (Lipinski definition) is 7. The van der Waals surface area contributed by atoms with Crippen molar-refractivity contribution in [2.75, 3.05) is 19.8 Å². The fourth-order valence-corrected chi connectivity index (χ4v) is 3.05. The molecule has 162 valence electrons. The van der Waals surface area contributed by atoms with E-state index in [0.29, 0.717) is 42.2 Å². The van der Waals surface area contributed by atoms with Crippen LogP contribution >= 0.6 is 0 Å². The molecule has 4 rings (SSSR count). The molecule has 0 atom stereocenters. The molecule has 0 radical (unpaired) electrons. The molecule has 31 heavy (non-hydrogen) atoms. The Morgan fingerprint density at radius 2 is 1.81 bits per heavy atom. The number of fused-ring (bicyclic) bond motifs is 1. The minimum Gasteiger partial charge on any atom is -0.486 e. The smallest absolute Gasteiger partial charge is 0.258 e. The van der Waals surface area contributed by atoms with Gasteiger partial charge in [-0.15, -0.1) is 0 Å². The molecule has 2 heterocycles. The number of nitrogens with zero attached hydrogens (tertiary/aromatic N) is 2. The van der Waals surface area contributed by atoms with Gasteiger partial charge in [0, 0.05) is 11.6 Å². The number of amides is 1. The summed E-state index contributed by atoms with van der Waals surface area (Å²) in [5.74, 6) is 2.32. The molecule has 8 heteroatoms. The van der Waals surface area contributed by atoms with Crippen LogP contribution in [0.2, 0.25) is 0 Å². The lowest BCUT2D eigenvalue weighted by atomic mass is 9.87. The number of aromatic nitrogens is 2. The number of carbonyl (C=O) groups is 1. The number of nitrogens with one attached hydrogen (secondary N) is 1. The van der Waals surface area contributed by atoms with Crippen molar-refractivity contribution >= 4 is 5.91 Å². The van der Waals surface area contributed by atoms with Crippen molar-refractivity contribution in [1.82, 2.24) is 15.5 Å². The molecule has 1 aliphatic rings. The van der Waals surface area contributed by atoms with E-state index in [1.54, 1.807) is 18.2 Å². The molecule has 0 unspecified atom stereocenters. The van der Waals surface area contributed by atoms with Gasteiger partial charge in [-0.05, 0) is 35.2 Å². The average molecular weight is 423 g/mol. The number of benzene rings is 2. The highest BCUT2D eigenvalue weighted by Crippen LogP contribution is 2.33. The van der Waals surface area contributed by atoms with Gasteiger partial charge in [0.25, 0.3) is 11.8 Å². The molecule has 0 fully saturated rings. The van der Waals surface area contributed by atoms with E-state index < -0.39 is 0 Å². The van der Waals surface area contributed by atoms with Gasteiger partial charge < -0.3 is 24.1 Å². The van der Waals surface area contributed by atoms with Crippen molar-refractivity contribution in [3.05, 3.63) is 53.9 Å². The number of rotatable bonds is 6. The van der Waals surface area contributed by atoms with Crippen LogP contribution in [-0.4, -0.2) is 35.9 Å². The van der Waals surface area contributed by atoms with Crippen LogP contribution in [0.3, 0.4) is 0 Å². The van der Waals surface area contributed by atoms with Crippen molar-refractivity contribution in [1.29, 1.82) is 0 Å². The van der Waals surface area contributed by atoms with Gasteiger partial charge in [0.15, 0.2) is 23.9 Å². The summed E-state index contributed by atoms with van der Waals surface area (Å²) in [4.78, 5) is 16.5. The Kier molecular flexibility index (Phi) is 5.79. The molecule has 0 saturated carbocycles. The van der Waals surface area contributed by atoms with Crippen LogP contribution in [0.25, 0.3) is 11.5 Å². The van der Waals surface area contributed by atoms with Crippen LogP contribution in [0.5, 0.6) is 17.2 Å². The highest BCUT2D eigenvalue weighted by Gasteiger charge is 2.16. The van der Waals surface area contributed by atoms with E-state index in [2.05, 4.69) is 48.4 Å². The molecule has 1 aliphatic heterocycles. The summed E-state index contributed by atoms with van der Waals surface area (Å²) in [5, 5.41) is 6.65. The Bertz CT molecular complexity index is 1050. The Labute approximate surface area is 180 Å². The number of hydrogen-bond donors (Lipinski definition) is 1. The zero-order valence-corrected chi connectivity index (χ0v) is 17.8. The third kappa shape index (κ3) is 5.14. The van der Waals surface area contributed by atoms with Gasteiger partial charge in [0.1, 0.15) is 19.0 Å². The van der Waals surface area contributed by atoms with E-state index in [4.69, 9.17) is 18.7 Å². The van der Waals surface area contributed by atoms with Gasteiger partial charge in [0.2, 0.25) is 0 Å². The molecule has 1 aromatic heterocycles. The Hall–Kier alpha value is -3.55. The lowest BCUT2D eigenvalue weighted by Gasteiger charge is -2.18. The van der Waals surface area contributed by atoms with Crippen LogP contribution in [0.1, 0.15) is 32.2 Å². The van der Waals surface area contributed by atoms with Gasteiger partial charge in [0.05, 0.1) is 6.54 Å². The van der Waals surface area contributed by atoms with Crippen LogP contribution in [-0.2, 0) is 16.8 Å². The maximum Gasteiger partial charge on any atom is 0.258 e. The lowest BCUT2D eigenvalue weighted by Crippen LogP contribution is -2.28. The summed E-state index contributed by atoms with van der Waals surface area (Å²) in [5.41, 5.74) is 2.13.